The smallest absolute Gasteiger partial charge is 0.229 e. The van der Waals surface area contributed by atoms with Gasteiger partial charge < -0.3 is 15.8 Å². The van der Waals surface area contributed by atoms with Gasteiger partial charge in [-0.1, -0.05) is 19.9 Å². The van der Waals surface area contributed by atoms with E-state index in [1.165, 1.54) is 0 Å². The molecule has 0 heterocycles. The van der Waals surface area contributed by atoms with Crippen LogP contribution in [0.1, 0.15) is 20.3 Å². The van der Waals surface area contributed by atoms with E-state index in [-0.39, 0.29) is 17.9 Å². The minimum Gasteiger partial charge on any atom is -0.493 e. The Kier molecular flexibility index (Phi) is 3.87. The molecule has 1 aromatic rings. The molecule has 18 heavy (non-hydrogen) atoms. The average Bonchev–Trinajstić information content (AvgIpc) is 3.04. The van der Waals surface area contributed by atoms with Crippen LogP contribution in [-0.2, 0) is 4.79 Å². The average molecular weight is 248 g/mol. The summed E-state index contributed by atoms with van der Waals surface area (Å²) in [6.07, 6.45) is 0.787. The van der Waals surface area contributed by atoms with E-state index in [1.807, 2.05) is 24.3 Å². The molecule has 1 aliphatic carbocycles. The van der Waals surface area contributed by atoms with Crippen LogP contribution in [-0.4, -0.2) is 18.6 Å². The molecule has 0 aromatic heterocycles. The number of hydrogen-bond acceptors (Lipinski definition) is 3. The monoisotopic (exact) mass is 248 g/mol. The van der Waals surface area contributed by atoms with Crippen LogP contribution in [0.25, 0.3) is 0 Å². The largest absolute Gasteiger partial charge is 0.493 e. The quantitative estimate of drug-likeness (QED) is 0.837. The minimum absolute atomic E-state index is 0.00325. The molecule has 0 saturated heterocycles. The molecule has 1 saturated carbocycles. The fraction of sp³-hybridized carbons (Fsp3) is 0.500. The molecule has 0 spiro atoms. The highest BCUT2D eigenvalue weighted by atomic mass is 16.5. The van der Waals surface area contributed by atoms with Crippen molar-refractivity contribution in [3.05, 3.63) is 24.3 Å². The van der Waals surface area contributed by atoms with Crippen molar-refractivity contribution in [1.82, 2.24) is 0 Å². The van der Waals surface area contributed by atoms with Crippen molar-refractivity contribution in [2.75, 3.05) is 11.9 Å². The Morgan fingerprint density at radius 3 is 2.89 bits per heavy atom. The number of ether oxygens (including phenoxy) is 1. The molecule has 98 valence electrons. The predicted molar refractivity (Wildman–Crippen MR) is 71.5 cm³/mol. The van der Waals surface area contributed by atoms with Crippen LogP contribution in [0.15, 0.2) is 24.3 Å². The summed E-state index contributed by atoms with van der Waals surface area (Å²) in [5.41, 5.74) is 6.41. The summed E-state index contributed by atoms with van der Waals surface area (Å²) in [4.78, 5) is 11.7. The van der Waals surface area contributed by atoms with Crippen molar-refractivity contribution in [2.45, 2.75) is 26.3 Å². The Morgan fingerprint density at radius 1 is 1.56 bits per heavy atom. The molecule has 1 amide bonds. The molecule has 2 unspecified atom stereocenters. The van der Waals surface area contributed by atoms with E-state index in [9.17, 15) is 4.79 Å². The number of anilines is 1. The zero-order chi connectivity index (χ0) is 13.1. The second-order valence-electron chi connectivity index (χ2n) is 5.23. The van der Waals surface area contributed by atoms with Gasteiger partial charge in [0.1, 0.15) is 5.75 Å². The summed E-state index contributed by atoms with van der Waals surface area (Å²) in [6.45, 7) is 4.87. The molecule has 4 nitrogen and oxygen atoms in total. The van der Waals surface area contributed by atoms with Crippen molar-refractivity contribution >= 4 is 11.6 Å². The normalized spacial score (nSPS) is 21.8. The van der Waals surface area contributed by atoms with Crippen molar-refractivity contribution in [1.29, 1.82) is 0 Å². The van der Waals surface area contributed by atoms with Crippen LogP contribution in [0.2, 0.25) is 0 Å². The fourth-order valence-electron chi connectivity index (χ4n) is 1.68. The van der Waals surface area contributed by atoms with Crippen LogP contribution >= 0.6 is 0 Å². The summed E-state index contributed by atoms with van der Waals surface area (Å²) in [5.74, 6) is 1.24. The fourth-order valence-corrected chi connectivity index (χ4v) is 1.68. The third kappa shape index (κ3) is 3.47. The van der Waals surface area contributed by atoms with E-state index in [0.717, 1.165) is 17.9 Å². The van der Waals surface area contributed by atoms with Crippen molar-refractivity contribution in [3.63, 3.8) is 0 Å². The Morgan fingerprint density at radius 2 is 2.28 bits per heavy atom. The lowest BCUT2D eigenvalue weighted by Crippen LogP contribution is -2.18. The number of amides is 1. The Balaban J connectivity index is 1.92. The van der Waals surface area contributed by atoms with Crippen LogP contribution in [0, 0.1) is 11.8 Å². The molecule has 2 atom stereocenters. The maximum absolute atomic E-state index is 11.7. The number of benzene rings is 1. The van der Waals surface area contributed by atoms with Crippen LogP contribution in [0.5, 0.6) is 5.75 Å². The van der Waals surface area contributed by atoms with E-state index in [1.54, 1.807) is 0 Å². The third-order valence-electron chi connectivity index (χ3n) is 2.86. The van der Waals surface area contributed by atoms with Gasteiger partial charge in [0.25, 0.3) is 0 Å². The zero-order valence-corrected chi connectivity index (χ0v) is 10.8. The summed E-state index contributed by atoms with van der Waals surface area (Å²) < 4.78 is 5.61. The molecule has 3 N–H and O–H groups in total. The summed E-state index contributed by atoms with van der Waals surface area (Å²) >= 11 is 0. The SMILES string of the molecule is CC(C)COc1cccc(NC(=O)C2CC2N)c1. The van der Waals surface area contributed by atoms with Crippen molar-refractivity contribution in [2.24, 2.45) is 17.6 Å². The highest BCUT2D eigenvalue weighted by Crippen LogP contribution is 2.29. The number of carbonyl (C=O) groups excluding carboxylic acids is 1. The van der Waals surface area contributed by atoms with Gasteiger partial charge in [0.2, 0.25) is 5.91 Å². The zero-order valence-electron chi connectivity index (χ0n) is 10.8. The van der Waals surface area contributed by atoms with E-state index in [0.29, 0.717) is 12.5 Å². The van der Waals surface area contributed by atoms with Gasteiger partial charge in [-0.25, -0.2) is 0 Å². The molecule has 1 aliphatic rings. The highest BCUT2D eigenvalue weighted by molar-refractivity contribution is 5.95. The minimum atomic E-state index is -0.0229. The number of carbonyl (C=O) groups is 1. The highest BCUT2D eigenvalue weighted by Gasteiger charge is 2.39. The first-order valence-corrected chi connectivity index (χ1v) is 6.35. The number of rotatable bonds is 5. The van der Waals surface area contributed by atoms with E-state index in [4.69, 9.17) is 10.5 Å². The maximum Gasteiger partial charge on any atom is 0.229 e. The topological polar surface area (TPSA) is 64.3 Å². The van der Waals surface area contributed by atoms with Gasteiger partial charge >= 0.3 is 0 Å². The van der Waals surface area contributed by atoms with Gasteiger partial charge in [0, 0.05) is 17.8 Å². The Labute approximate surface area is 108 Å². The third-order valence-corrected chi connectivity index (χ3v) is 2.86. The molecular formula is C14H20N2O2. The van der Waals surface area contributed by atoms with E-state index in [2.05, 4.69) is 19.2 Å². The van der Waals surface area contributed by atoms with Gasteiger partial charge in [-0.3, -0.25) is 4.79 Å². The van der Waals surface area contributed by atoms with E-state index >= 15 is 0 Å². The molecule has 1 fully saturated rings. The van der Waals surface area contributed by atoms with Gasteiger partial charge in [-0.15, -0.1) is 0 Å². The van der Waals surface area contributed by atoms with Crippen LogP contribution < -0.4 is 15.8 Å². The first-order valence-electron chi connectivity index (χ1n) is 6.35. The summed E-state index contributed by atoms with van der Waals surface area (Å²) in [7, 11) is 0. The van der Waals surface area contributed by atoms with Crippen LogP contribution in [0.4, 0.5) is 5.69 Å². The maximum atomic E-state index is 11.7. The molecule has 0 radical (unpaired) electrons. The number of hydrogen-bond donors (Lipinski definition) is 2. The predicted octanol–water partition coefficient (Wildman–Crippen LogP) is 2.01. The first kappa shape index (κ1) is 12.9. The lowest BCUT2D eigenvalue weighted by Gasteiger charge is -2.10. The lowest BCUT2D eigenvalue weighted by molar-refractivity contribution is -0.117. The molecule has 4 heteroatoms. The molecular weight excluding hydrogens is 228 g/mol. The van der Waals surface area contributed by atoms with Gasteiger partial charge in [-0.05, 0) is 24.5 Å². The molecule has 0 aliphatic heterocycles. The van der Waals surface area contributed by atoms with Gasteiger partial charge in [-0.2, -0.15) is 0 Å². The van der Waals surface area contributed by atoms with Gasteiger partial charge in [0.15, 0.2) is 0 Å². The number of nitrogens with two attached hydrogens (primary N) is 1. The standard InChI is InChI=1S/C14H20N2O2/c1-9(2)8-18-11-5-3-4-10(6-11)16-14(17)12-7-13(12)15/h3-6,9,12-13H,7-8,15H2,1-2H3,(H,16,17). The van der Waals surface area contributed by atoms with Crippen molar-refractivity contribution < 1.29 is 9.53 Å². The van der Waals surface area contributed by atoms with Crippen molar-refractivity contribution in [3.8, 4) is 5.75 Å². The van der Waals surface area contributed by atoms with Gasteiger partial charge in [0.05, 0.1) is 12.5 Å². The second kappa shape index (κ2) is 5.40. The Bertz CT molecular complexity index is 432. The molecule has 2 rings (SSSR count). The first-order chi connectivity index (χ1) is 8.56. The lowest BCUT2D eigenvalue weighted by atomic mass is 10.2. The summed E-state index contributed by atoms with van der Waals surface area (Å²) in [6, 6.07) is 7.49. The molecule has 0 bridgehead atoms. The van der Waals surface area contributed by atoms with Crippen LogP contribution in [0.3, 0.4) is 0 Å². The second-order valence-corrected chi connectivity index (χ2v) is 5.23. The van der Waals surface area contributed by atoms with E-state index < -0.39 is 0 Å². The summed E-state index contributed by atoms with van der Waals surface area (Å²) in [5, 5.41) is 2.86. The Hall–Kier alpha value is -1.55. The number of nitrogens with one attached hydrogen (secondary N) is 1. The molecule has 1 aromatic carbocycles.